The van der Waals surface area contributed by atoms with Gasteiger partial charge in [0.1, 0.15) is 5.75 Å². The minimum absolute atomic E-state index is 0.148. The molecule has 0 bridgehead atoms. The third kappa shape index (κ3) is 2.98. The Morgan fingerprint density at radius 1 is 1.21 bits per heavy atom. The molecule has 0 heterocycles. The Hall–Kier alpha value is -2.20. The van der Waals surface area contributed by atoms with Crippen molar-refractivity contribution >= 4 is 28.9 Å². The molecule has 98 valence electrons. The zero-order valence-electron chi connectivity index (χ0n) is 10.2. The van der Waals surface area contributed by atoms with E-state index >= 15 is 0 Å². The lowest BCUT2D eigenvalue weighted by atomic mass is 10.1. The molecule has 0 saturated carbocycles. The van der Waals surface area contributed by atoms with Gasteiger partial charge in [-0.1, -0.05) is 23.7 Å². The molecule has 4 nitrogen and oxygen atoms in total. The van der Waals surface area contributed by atoms with Crippen LogP contribution in [0.25, 0.3) is 0 Å². The van der Waals surface area contributed by atoms with Gasteiger partial charge in [0.15, 0.2) is 0 Å². The Kier molecular flexibility index (Phi) is 3.92. The maximum Gasteiger partial charge on any atom is 0.337 e. The number of carboxylic acid groups (broad SMARTS) is 1. The molecule has 2 aromatic carbocycles. The Morgan fingerprint density at radius 3 is 2.63 bits per heavy atom. The number of carbonyl (C=O) groups is 1. The number of benzene rings is 2. The number of hydrogen-bond donors (Lipinski definition) is 2. The van der Waals surface area contributed by atoms with Crippen LogP contribution in [0.1, 0.15) is 10.4 Å². The molecule has 2 rings (SSSR count). The van der Waals surface area contributed by atoms with Crippen molar-refractivity contribution in [2.45, 2.75) is 0 Å². The van der Waals surface area contributed by atoms with Crippen LogP contribution in [-0.2, 0) is 0 Å². The van der Waals surface area contributed by atoms with E-state index < -0.39 is 5.97 Å². The van der Waals surface area contributed by atoms with Gasteiger partial charge in [0.2, 0.25) is 0 Å². The van der Waals surface area contributed by atoms with Gasteiger partial charge in [0.25, 0.3) is 0 Å². The average Bonchev–Trinajstić information content (AvgIpc) is 2.39. The molecule has 0 fully saturated rings. The summed E-state index contributed by atoms with van der Waals surface area (Å²) in [6.45, 7) is 0. The van der Waals surface area contributed by atoms with Crippen molar-refractivity contribution in [3.63, 3.8) is 0 Å². The topological polar surface area (TPSA) is 58.6 Å². The lowest BCUT2D eigenvalue weighted by Crippen LogP contribution is -2.03. The molecule has 5 heteroatoms. The standard InChI is InChI=1S/C14H12ClNO3/c1-19-13-5-3-2-4-11(13)16-12-8-9(15)6-7-10(12)14(17)18/h2-8,16H,1H3,(H,17,18). The van der Waals surface area contributed by atoms with Crippen LogP contribution in [0.15, 0.2) is 42.5 Å². The van der Waals surface area contributed by atoms with Crippen molar-refractivity contribution in [3.8, 4) is 5.75 Å². The summed E-state index contributed by atoms with van der Waals surface area (Å²) in [5, 5.41) is 12.6. The van der Waals surface area contributed by atoms with E-state index in [9.17, 15) is 4.79 Å². The third-order valence-electron chi connectivity index (χ3n) is 2.59. The number of nitrogens with one attached hydrogen (secondary N) is 1. The minimum Gasteiger partial charge on any atom is -0.495 e. The van der Waals surface area contributed by atoms with Crippen LogP contribution in [0.4, 0.5) is 11.4 Å². The fraction of sp³-hybridized carbons (Fsp3) is 0.0714. The number of halogens is 1. The van der Waals surface area contributed by atoms with E-state index in [0.29, 0.717) is 22.1 Å². The molecule has 0 saturated heterocycles. The van der Waals surface area contributed by atoms with Crippen molar-refractivity contribution < 1.29 is 14.6 Å². The second-order valence-corrected chi connectivity index (χ2v) is 4.26. The summed E-state index contributed by atoms with van der Waals surface area (Å²) in [7, 11) is 1.55. The third-order valence-corrected chi connectivity index (χ3v) is 2.82. The van der Waals surface area contributed by atoms with Crippen LogP contribution in [0.2, 0.25) is 5.02 Å². The number of aromatic carboxylic acids is 1. The molecule has 2 N–H and O–H groups in total. The number of carboxylic acids is 1. The summed E-state index contributed by atoms with van der Waals surface area (Å²) in [5.74, 6) is -0.395. The summed E-state index contributed by atoms with van der Waals surface area (Å²) in [5.41, 5.74) is 1.24. The highest BCUT2D eigenvalue weighted by Crippen LogP contribution is 2.30. The summed E-state index contributed by atoms with van der Waals surface area (Å²) in [6, 6.07) is 11.8. The Bertz CT molecular complexity index is 613. The SMILES string of the molecule is COc1ccccc1Nc1cc(Cl)ccc1C(=O)O. The molecule has 19 heavy (non-hydrogen) atoms. The normalized spacial score (nSPS) is 10.0. The predicted octanol–water partition coefficient (Wildman–Crippen LogP) is 3.79. The Labute approximate surface area is 115 Å². The molecule has 0 aliphatic heterocycles. The highest BCUT2D eigenvalue weighted by atomic mass is 35.5. The summed E-state index contributed by atoms with van der Waals surface area (Å²) < 4.78 is 5.21. The molecule has 2 aromatic rings. The van der Waals surface area contributed by atoms with E-state index in [2.05, 4.69) is 5.32 Å². The molecule has 0 spiro atoms. The van der Waals surface area contributed by atoms with Crippen molar-refractivity contribution in [2.75, 3.05) is 12.4 Å². The number of para-hydroxylation sites is 2. The van der Waals surface area contributed by atoms with Crippen LogP contribution < -0.4 is 10.1 Å². The van der Waals surface area contributed by atoms with Gasteiger partial charge in [-0.25, -0.2) is 4.79 Å². The van der Waals surface area contributed by atoms with Crippen molar-refractivity contribution in [2.24, 2.45) is 0 Å². The summed E-state index contributed by atoms with van der Waals surface area (Å²) >= 11 is 5.90. The van der Waals surface area contributed by atoms with E-state index in [1.54, 1.807) is 31.4 Å². The van der Waals surface area contributed by atoms with Crippen LogP contribution in [0.5, 0.6) is 5.75 Å². The second kappa shape index (κ2) is 5.63. The van der Waals surface area contributed by atoms with Gasteiger partial charge in [0.05, 0.1) is 24.0 Å². The highest BCUT2D eigenvalue weighted by Gasteiger charge is 2.12. The smallest absolute Gasteiger partial charge is 0.337 e. The largest absolute Gasteiger partial charge is 0.495 e. The molecule has 0 amide bonds. The molecule has 0 atom stereocenters. The molecule has 0 aliphatic carbocycles. The number of hydrogen-bond acceptors (Lipinski definition) is 3. The van der Waals surface area contributed by atoms with Crippen molar-refractivity contribution in [1.29, 1.82) is 0 Å². The zero-order chi connectivity index (χ0) is 13.8. The van der Waals surface area contributed by atoms with E-state index in [0.717, 1.165) is 0 Å². The number of ether oxygens (including phenoxy) is 1. The fourth-order valence-electron chi connectivity index (χ4n) is 1.70. The zero-order valence-corrected chi connectivity index (χ0v) is 10.9. The first-order chi connectivity index (χ1) is 9.11. The van der Waals surface area contributed by atoms with E-state index in [4.69, 9.17) is 21.4 Å². The average molecular weight is 278 g/mol. The first kappa shape index (κ1) is 13.2. The maximum atomic E-state index is 11.2. The first-order valence-electron chi connectivity index (χ1n) is 5.54. The number of methoxy groups -OCH3 is 1. The molecule has 0 radical (unpaired) electrons. The Balaban J connectivity index is 2.42. The van der Waals surface area contributed by atoms with Crippen LogP contribution in [-0.4, -0.2) is 18.2 Å². The quantitative estimate of drug-likeness (QED) is 0.893. The number of rotatable bonds is 4. The molecule has 0 aliphatic rings. The van der Waals surface area contributed by atoms with E-state index in [1.165, 1.54) is 6.07 Å². The van der Waals surface area contributed by atoms with Gasteiger partial charge >= 0.3 is 5.97 Å². The fourth-order valence-corrected chi connectivity index (χ4v) is 1.87. The van der Waals surface area contributed by atoms with Gasteiger partial charge in [-0.15, -0.1) is 0 Å². The molecular formula is C14H12ClNO3. The molecule has 0 unspecified atom stereocenters. The van der Waals surface area contributed by atoms with Gasteiger partial charge in [-0.05, 0) is 30.3 Å². The lowest BCUT2D eigenvalue weighted by molar-refractivity contribution is 0.0698. The van der Waals surface area contributed by atoms with Crippen LogP contribution >= 0.6 is 11.6 Å². The Morgan fingerprint density at radius 2 is 1.95 bits per heavy atom. The summed E-state index contributed by atoms with van der Waals surface area (Å²) in [6.07, 6.45) is 0. The molecule has 0 aromatic heterocycles. The number of anilines is 2. The minimum atomic E-state index is -1.02. The second-order valence-electron chi connectivity index (χ2n) is 3.82. The van der Waals surface area contributed by atoms with Gasteiger partial charge in [-0.3, -0.25) is 0 Å². The van der Waals surface area contributed by atoms with Crippen LogP contribution in [0.3, 0.4) is 0 Å². The van der Waals surface area contributed by atoms with Crippen LogP contribution in [0, 0.1) is 0 Å². The molecular weight excluding hydrogens is 266 g/mol. The lowest BCUT2D eigenvalue weighted by Gasteiger charge is -2.13. The summed E-state index contributed by atoms with van der Waals surface area (Å²) in [4.78, 5) is 11.2. The monoisotopic (exact) mass is 277 g/mol. The van der Waals surface area contributed by atoms with Gasteiger partial charge in [-0.2, -0.15) is 0 Å². The van der Waals surface area contributed by atoms with Crippen molar-refractivity contribution in [3.05, 3.63) is 53.1 Å². The first-order valence-corrected chi connectivity index (χ1v) is 5.92. The van der Waals surface area contributed by atoms with E-state index in [1.807, 2.05) is 12.1 Å². The maximum absolute atomic E-state index is 11.2. The van der Waals surface area contributed by atoms with Crippen molar-refractivity contribution in [1.82, 2.24) is 0 Å². The highest BCUT2D eigenvalue weighted by molar-refractivity contribution is 6.31. The predicted molar refractivity (Wildman–Crippen MR) is 74.7 cm³/mol. The van der Waals surface area contributed by atoms with Gasteiger partial charge in [0, 0.05) is 5.02 Å². The van der Waals surface area contributed by atoms with Gasteiger partial charge < -0.3 is 15.2 Å². The van der Waals surface area contributed by atoms with E-state index in [-0.39, 0.29) is 5.56 Å².